The summed E-state index contributed by atoms with van der Waals surface area (Å²) in [6.07, 6.45) is 3.02. The molecule has 5 nitrogen and oxygen atoms in total. The number of unbranched alkanes of at least 4 members (excludes halogenated alkanes) is 2. The number of amides is 1. The maximum absolute atomic E-state index is 12.5. The molecule has 2 aromatic rings. The van der Waals surface area contributed by atoms with Crippen molar-refractivity contribution in [1.29, 1.82) is 0 Å². The van der Waals surface area contributed by atoms with Gasteiger partial charge in [-0.05, 0) is 42.3 Å². The van der Waals surface area contributed by atoms with Gasteiger partial charge in [0.2, 0.25) is 10.0 Å². The average molecular weight is 395 g/mol. The molecule has 0 bridgehead atoms. The molecule has 0 atom stereocenters. The molecule has 2 aromatic carbocycles. The van der Waals surface area contributed by atoms with E-state index in [9.17, 15) is 13.2 Å². The molecule has 2 rings (SSSR count). The van der Waals surface area contributed by atoms with Crippen LogP contribution in [0.3, 0.4) is 0 Å². The lowest BCUT2D eigenvalue weighted by atomic mass is 10.2. The summed E-state index contributed by atoms with van der Waals surface area (Å²) in [7, 11) is -3.72. The fourth-order valence-electron chi connectivity index (χ4n) is 2.35. The molecule has 0 saturated heterocycles. The minimum Gasteiger partial charge on any atom is -0.352 e. The van der Waals surface area contributed by atoms with E-state index in [1.54, 1.807) is 36.4 Å². The third-order valence-corrected chi connectivity index (χ3v) is 5.50. The topological polar surface area (TPSA) is 75.3 Å². The van der Waals surface area contributed by atoms with Crippen LogP contribution in [0.1, 0.15) is 42.1 Å². The fourth-order valence-corrected chi connectivity index (χ4v) is 3.54. The first-order chi connectivity index (χ1) is 12.4. The number of rotatable bonds is 9. The zero-order valence-electron chi connectivity index (χ0n) is 14.7. The van der Waals surface area contributed by atoms with Gasteiger partial charge in [-0.25, -0.2) is 13.1 Å². The van der Waals surface area contributed by atoms with Crippen LogP contribution in [0.15, 0.2) is 53.4 Å². The van der Waals surface area contributed by atoms with Crippen LogP contribution in [-0.4, -0.2) is 20.9 Å². The molecule has 0 aliphatic heterocycles. The van der Waals surface area contributed by atoms with Gasteiger partial charge in [0.15, 0.2) is 0 Å². The average Bonchev–Trinajstić information content (AvgIpc) is 2.65. The normalized spacial score (nSPS) is 11.3. The third-order valence-electron chi connectivity index (χ3n) is 3.85. The first-order valence-corrected chi connectivity index (χ1v) is 10.4. The molecule has 0 unspecified atom stereocenters. The molecular formula is C19H23ClN2O3S. The molecule has 0 aliphatic rings. The second-order valence-electron chi connectivity index (χ2n) is 5.94. The molecule has 0 spiro atoms. The molecule has 140 valence electrons. The number of halogens is 1. The van der Waals surface area contributed by atoms with Gasteiger partial charge in [0.05, 0.1) is 4.90 Å². The largest absolute Gasteiger partial charge is 0.352 e. The minimum absolute atomic E-state index is 0.0627. The second-order valence-corrected chi connectivity index (χ2v) is 8.15. The van der Waals surface area contributed by atoms with Crippen molar-refractivity contribution in [3.63, 3.8) is 0 Å². The SMILES string of the molecule is CCCCCNC(=O)c1cccc(S(=O)(=O)NCc2ccc(Cl)cc2)c1. The lowest BCUT2D eigenvalue weighted by Crippen LogP contribution is -2.26. The van der Waals surface area contributed by atoms with Crippen molar-refractivity contribution in [3.05, 3.63) is 64.7 Å². The van der Waals surface area contributed by atoms with Gasteiger partial charge in [-0.1, -0.05) is 49.6 Å². The lowest BCUT2D eigenvalue weighted by molar-refractivity contribution is 0.0952. The van der Waals surface area contributed by atoms with Gasteiger partial charge >= 0.3 is 0 Å². The molecule has 0 heterocycles. The second kappa shape index (κ2) is 9.71. The molecular weight excluding hydrogens is 372 g/mol. The summed E-state index contributed by atoms with van der Waals surface area (Å²) in [6, 6.07) is 12.9. The van der Waals surface area contributed by atoms with E-state index in [2.05, 4.69) is 17.0 Å². The van der Waals surface area contributed by atoms with Crippen LogP contribution in [0.2, 0.25) is 5.02 Å². The standard InChI is InChI=1S/C19H23ClN2O3S/c1-2-3-4-12-21-19(23)16-6-5-7-18(13-16)26(24,25)22-14-15-8-10-17(20)11-9-15/h5-11,13,22H,2-4,12,14H2,1H3,(H,21,23). The Bertz CT molecular complexity index is 836. The van der Waals surface area contributed by atoms with Crippen LogP contribution >= 0.6 is 11.6 Å². The highest BCUT2D eigenvalue weighted by atomic mass is 35.5. The molecule has 7 heteroatoms. The fraction of sp³-hybridized carbons (Fsp3) is 0.316. The van der Waals surface area contributed by atoms with Crippen LogP contribution in [0.4, 0.5) is 0 Å². The molecule has 0 saturated carbocycles. The van der Waals surface area contributed by atoms with Gasteiger partial charge in [-0.2, -0.15) is 0 Å². The van der Waals surface area contributed by atoms with E-state index in [-0.39, 0.29) is 17.3 Å². The summed E-state index contributed by atoms with van der Waals surface area (Å²) in [6.45, 7) is 2.82. The Morgan fingerprint density at radius 1 is 1.08 bits per heavy atom. The van der Waals surface area contributed by atoms with Crippen molar-refractivity contribution in [2.45, 2.75) is 37.6 Å². The zero-order chi connectivity index (χ0) is 19.0. The van der Waals surface area contributed by atoms with Gasteiger partial charge in [0.25, 0.3) is 5.91 Å². The number of hydrogen-bond acceptors (Lipinski definition) is 3. The molecule has 26 heavy (non-hydrogen) atoms. The molecule has 1 amide bonds. The Labute approximate surface area is 159 Å². The van der Waals surface area contributed by atoms with Crippen molar-refractivity contribution in [2.75, 3.05) is 6.54 Å². The monoisotopic (exact) mass is 394 g/mol. The van der Waals surface area contributed by atoms with E-state index in [4.69, 9.17) is 11.6 Å². The van der Waals surface area contributed by atoms with E-state index in [0.29, 0.717) is 17.1 Å². The van der Waals surface area contributed by atoms with Crippen LogP contribution < -0.4 is 10.0 Å². The summed E-state index contributed by atoms with van der Waals surface area (Å²) in [5.41, 5.74) is 1.12. The predicted octanol–water partition coefficient (Wildman–Crippen LogP) is 3.74. The summed E-state index contributed by atoms with van der Waals surface area (Å²) in [4.78, 5) is 12.2. The third kappa shape index (κ3) is 6.12. The van der Waals surface area contributed by atoms with Gasteiger partial charge < -0.3 is 5.32 Å². The number of benzene rings is 2. The van der Waals surface area contributed by atoms with Gasteiger partial charge in [-0.15, -0.1) is 0 Å². The first-order valence-electron chi connectivity index (χ1n) is 8.55. The van der Waals surface area contributed by atoms with Crippen LogP contribution in [-0.2, 0) is 16.6 Å². The van der Waals surface area contributed by atoms with E-state index < -0.39 is 10.0 Å². The van der Waals surface area contributed by atoms with E-state index >= 15 is 0 Å². The van der Waals surface area contributed by atoms with Crippen molar-refractivity contribution in [2.24, 2.45) is 0 Å². The Morgan fingerprint density at radius 3 is 2.50 bits per heavy atom. The summed E-state index contributed by atoms with van der Waals surface area (Å²) in [5.74, 6) is -0.268. The molecule has 0 fully saturated rings. The Balaban J connectivity index is 2.02. The number of carbonyl (C=O) groups is 1. The zero-order valence-corrected chi connectivity index (χ0v) is 16.2. The Morgan fingerprint density at radius 2 is 1.81 bits per heavy atom. The predicted molar refractivity (Wildman–Crippen MR) is 104 cm³/mol. The summed E-state index contributed by atoms with van der Waals surface area (Å²) < 4.78 is 27.5. The molecule has 0 aliphatic carbocycles. The highest BCUT2D eigenvalue weighted by Gasteiger charge is 2.16. The Hall–Kier alpha value is -1.89. The van der Waals surface area contributed by atoms with Gasteiger partial charge in [-0.3, -0.25) is 4.79 Å². The minimum atomic E-state index is -3.72. The molecule has 0 aromatic heterocycles. The van der Waals surface area contributed by atoms with E-state index in [1.165, 1.54) is 12.1 Å². The van der Waals surface area contributed by atoms with Crippen molar-refractivity contribution >= 4 is 27.5 Å². The quantitative estimate of drug-likeness (QED) is 0.636. The number of hydrogen-bond donors (Lipinski definition) is 2. The summed E-state index contributed by atoms with van der Waals surface area (Å²) >= 11 is 5.82. The smallest absolute Gasteiger partial charge is 0.251 e. The van der Waals surface area contributed by atoms with Crippen LogP contribution in [0.25, 0.3) is 0 Å². The maximum atomic E-state index is 12.5. The van der Waals surface area contributed by atoms with Crippen LogP contribution in [0, 0.1) is 0 Å². The number of nitrogens with one attached hydrogen (secondary N) is 2. The van der Waals surface area contributed by atoms with Crippen molar-refractivity contribution in [1.82, 2.24) is 10.0 Å². The highest BCUT2D eigenvalue weighted by Crippen LogP contribution is 2.14. The molecule has 2 N–H and O–H groups in total. The number of sulfonamides is 1. The number of carbonyl (C=O) groups excluding carboxylic acids is 1. The van der Waals surface area contributed by atoms with E-state index in [1.807, 2.05) is 0 Å². The van der Waals surface area contributed by atoms with Crippen molar-refractivity contribution in [3.8, 4) is 0 Å². The van der Waals surface area contributed by atoms with Crippen molar-refractivity contribution < 1.29 is 13.2 Å². The van der Waals surface area contributed by atoms with Gasteiger partial charge in [0, 0.05) is 23.7 Å². The lowest BCUT2D eigenvalue weighted by Gasteiger charge is -2.09. The van der Waals surface area contributed by atoms with Gasteiger partial charge in [0.1, 0.15) is 0 Å². The summed E-state index contributed by atoms with van der Waals surface area (Å²) in [5, 5.41) is 3.40. The van der Waals surface area contributed by atoms with E-state index in [0.717, 1.165) is 24.8 Å². The molecule has 0 radical (unpaired) electrons. The first kappa shape index (κ1) is 20.4. The highest BCUT2D eigenvalue weighted by molar-refractivity contribution is 7.89. The maximum Gasteiger partial charge on any atom is 0.251 e. The Kier molecular flexibility index (Phi) is 7.63. The van der Waals surface area contributed by atoms with Crippen LogP contribution in [0.5, 0.6) is 0 Å².